The van der Waals surface area contributed by atoms with Gasteiger partial charge < -0.3 is 4.74 Å². The summed E-state index contributed by atoms with van der Waals surface area (Å²) in [6.45, 7) is 4.29. The first-order chi connectivity index (χ1) is 13.0. The first-order valence-corrected chi connectivity index (χ1v) is 9.56. The van der Waals surface area contributed by atoms with E-state index in [2.05, 4.69) is 0 Å². The summed E-state index contributed by atoms with van der Waals surface area (Å²) in [5.41, 5.74) is 1.20. The minimum Gasteiger partial charge on any atom is -0.374 e. The van der Waals surface area contributed by atoms with Gasteiger partial charge in [-0.2, -0.15) is 0 Å². The lowest BCUT2D eigenvalue weighted by Crippen LogP contribution is -2.24. The lowest BCUT2D eigenvalue weighted by atomic mass is 9.89. The Hall–Kier alpha value is -2.07. The molecule has 0 aromatic heterocycles. The van der Waals surface area contributed by atoms with E-state index in [1.807, 2.05) is 26.0 Å². The Morgan fingerprint density at radius 2 is 1.81 bits per heavy atom. The molecule has 2 unspecified atom stereocenters. The van der Waals surface area contributed by atoms with Crippen LogP contribution in [-0.4, -0.2) is 12.7 Å². The van der Waals surface area contributed by atoms with Gasteiger partial charge in [-0.1, -0.05) is 49.8 Å². The van der Waals surface area contributed by atoms with Crippen LogP contribution in [0.25, 0.3) is 11.1 Å². The van der Waals surface area contributed by atoms with Crippen LogP contribution < -0.4 is 0 Å². The number of allylic oxidation sites excluding steroid dienone is 1. The minimum atomic E-state index is -0.995. The predicted molar refractivity (Wildman–Crippen MR) is 102 cm³/mol. The molecular weight excluding hydrogens is 349 g/mol. The highest BCUT2D eigenvalue weighted by Gasteiger charge is 2.26. The fourth-order valence-corrected chi connectivity index (χ4v) is 3.69. The zero-order valence-electron chi connectivity index (χ0n) is 15.8. The molecule has 1 heterocycles. The van der Waals surface area contributed by atoms with E-state index in [-0.39, 0.29) is 23.1 Å². The molecule has 0 spiro atoms. The Morgan fingerprint density at radius 1 is 1.04 bits per heavy atom. The van der Waals surface area contributed by atoms with Crippen LogP contribution in [0.5, 0.6) is 0 Å². The molecule has 27 heavy (non-hydrogen) atoms. The van der Waals surface area contributed by atoms with Gasteiger partial charge in [-0.3, -0.25) is 0 Å². The number of halogens is 3. The van der Waals surface area contributed by atoms with Crippen LogP contribution in [0.4, 0.5) is 13.2 Å². The van der Waals surface area contributed by atoms with E-state index >= 15 is 0 Å². The van der Waals surface area contributed by atoms with Crippen molar-refractivity contribution in [2.24, 2.45) is 0 Å². The Morgan fingerprint density at radius 3 is 2.44 bits per heavy atom. The fourth-order valence-electron chi connectivity index (χ4n) is 3.69. The van der Waals surface area contributed by atoms with Crippen molar-refractivity contribution in [3.8, 4) is 11.1 Å². The summed E-state index contributed by atoms with van der Waals surface area (Å²) in [5, 5.41) is 0. The highest BCUT2D eigenvalue weighted by molar-refractivity contribution is 5.66. The quantitative estimate of drug-likeness (QED) is 0.538. The van der Waals surface area contributed by atoms with Crippen molar-refractivity contribution in [1.82, 2.24) is 0 Å². The third-order valence-corrected chi connectivity index (χ3v) is 5.13. The maximum Gasteiger partial charge on any atom is 0.167 e. The van der Waals surface area contributed by atoms with Crippen LogP contribution in [0.1, 0.15) is 50.2 Å². The normalized spacial score (nSPS) is 20.3. The summed E-state index contributed by atoms with van der Waals surface area (Å²) >= 11 is 0. The van der Waals surface area contributed by atoms with Crippen molar-refractivity contribution in [3.05, 3.63) is 71.1 Å². The third-order valence-electron chi connectivity index (χ3n) is 5.13. The topological polar surface area (TPSA) is 9.23 Å². The lowest BCUT2D eigenvalue weighted by molar-refractivity contribution is 0.0317. The highest BCUT2D eigenvalue weighted by atomic mass is 19.2. The molecule has 1 fully saturated rings. The van der Waals surface area contributed by atoms with Gasteiger partial charge in [0.15, 0.2) is 11.6 Å². The molecule has 1 nitrogen and oxygen atoms in total. The summed E-state index contributed by atoms with van der Waals surface area (Å²) in [4.78, 5) is 0. The number of hydrogen-bond donors (Lipinski definition) is 0. The van der Waals surface area contributed by atoms with Gasteiger partial charge in [-0.15, -0.1) is 0 Å². The molecule has 3 rings (SSSR count). The van der Waals surface area contributed by atoms with Crippen molar-refractivity contribution in [3.63, 3.8) is 0 Å². The fraction of sp³-hybridized carbons (Fsp3) is 0.391. The Labute approximate surface area is 158 Å². The van der Waals surface area contributed by atoms with Crippen LogP contribution in [0.2, 0.25) is 0 Å². The second-order valence-corrected chi connectivity index (χ2v) is 7.07. The summed E-state index contributed by atoms with van der Waals surface area (Å²) in [6.07, 6.45) is 7.09. The van der Waals surface area contributed by atoms with Crippen molar-refractivity contribution in [2.75, 3.05) is 6.61 Å². The molecule has 0 aliphatic carbocycles. The first kappa shape index (κ1) is 19.7. The largest absolute Gasteiger partial charge is 0.374 e. The second kappa shape index (κ2) is 8.75. The maximum absolute atomic E-state index is 14.7. The van der Waals surface area contributed by atoms with Crippen molar-refractivity contribution in [2.45, 2.75) is 51.6 Å². The van der Waals surface area contributed by atoms with Gasteiger partial charge in [-0.25, -0.2) is 13.2 Å². The number of hydrogen-bond acceptors (Lipinski definition) is 1. The maximum atomic E-state index is 14.7. The molecule has 0 radical (unpaired) electrons. The highest BCUT2D eigenvalue weighted by Crippen LogP contribution is 2.35. The van der Waals surface area contributed by atoms with Gasteiger partial charge in [0.1, 0.15) is 5.82 Å². The van der Waals surface area contributed by atoms with Gasteiger partial charge in [0.25, 0.3) is 0 Å². The Bertz CT molecular complexity index is 821. The summed E-state index contributed by atoms with van der Waals surface area (Å²) in [7, 11) is 0. The third kappa shape index (κ3) is 4.27. The molecule has 0 saturated carbocycles. The standard InChI is InChI=1S/C23H25F3O/c1-3-5-15-7-10-19(21(24)13-15)20-12-11-18(22(25)23(20)26)16-8-9-17(6-4-2)27-14-16/h4,6-7,10-13,16-17H,3,5,8-9,14H2,1-2H3/b6-4+. The van der Waals surface area contributed by atoms with Gasteiger partial charge >= 0.3 is 0 Å². The molecule has 0 N–H and O–H groups in total. The zero-order chi connectivity index (χ0) is 19.4. The average molecular weight is 374 g/mol. The van der Waals surface area contributed by atoms with Crippen LogP contribution in [0, 0.1) is 17.5 Å². The predicted octanol–water partition coefficient (Wildman–Crippen LogP) is 6.56. The molecule has 2 atom stereocenters. The van der Waals surface area contributed by atoms with E-state index in [0.29, 0.717) is 12.2 Å². The number of rotatable bonds is 5. The lowest BCUT2D eigenvalue weighted by Gasteiger charge is -2.28. The minimum absolute atomic E-state index is 0.0363. The van der Waals surface area contributed by atoms with Gasteiger partial charge in [0.2, 0.25) is 0 Å². The smallest absolute Gasteiger partial charge is 0.167 e. The van der Waals surface area contributed by atoms with Crippen LogP contribution in [0.15, 0.2) is 42.5 Å². The van der Waals surface area contributed by atoms with E-state index in [4.69, 9.17) is 4.74 Å². The van der Waals surface area contributed by atoms with E-state index in [1.54, 1.807) is 12.1 Å². The van der Waals surface area contributed by atoms with Gasteiger partial charge in [0, 0.05) is 17.0 Å². The molecular formula is C23H25F3O. The SMILES string of the molecule is C/C=C/C1CCC(c2ccc(-c3ccc(CCC)cc3F)c(F)c2F)CO1. The molecule has 0 bridgehead atoms. The second-order valence-electron chi connectivity index (χ2n) is 7.07. The first-order valence-electron chi connectivity index (χ1n) is 9.56. The summed E-state index contributed by atoms with van der Waals surface area (Å²) in [6, 6.07) is 7.74. The molecule has 2 aromatic carbocycles. The van der Waals surface area contributed by atoms with E-state index in [9.17, 15) is 13.2 Å². The van der Waals surface area contributed by atoms with Crippen LogP contribution in [-0.2, 0) is 11.2 Å². The average Bonchev–Trinajstić information content (AvgIpc) is 2.66. The number of aryl methyl sites for hydroxylation is 1. The van der Waals surface area contributed by atoms with Crippen LogP contribution in [0.3, 0.4) is 0 Å². The summed E-state index contributed by atoms with van der Waals surface area (Å²) in [5.74, 6) is -2.61. The molecule has 144 valence electrons. The number of ether oxygens (including phenoxy) is 1. The summed E-state index contributed by atoms with van der Waals surface area (Å²) < 4.78 is 49.6. The zero-order valence-corrected chi connectivity index (χ0v) is 15.8. The molecule has 2 aromatic rings. The number of benzene rings is 2. The van der Waals surface area contributed by atoms with Crippen LogP contribution >= 0.6 is 0 Å². The van der Waals surface area contributed by atoms with Crippen molar-refractivity contribution in [1.29, 1.82) is 0 Å². The molecule has 1 aliphatic rings. The van der Waals surface area contributed by atoms with Gasteiger partial charge in [0.05, 0.1) is 12.7 Å². The molecule has 1 saturated heterocycles. The molecule has 0 amide bonds. The van der Waals surface area contributed by atoms with E-state index < -0.39 is 17.5 Å². The monoisotopic (exact) mass is 374 g/mol. The molecule has 1 aliphatic heterocycles. The van der Waals surface area contributed by atoms with Crippen molar-refractivity contribution >= 4 is 0 Å². The van der Waals surface area contributed by atoms with Crippen molar-refractivity contribution < 1.29 is 17.9 Å². The van der Waals surface area contributed by atoms with E-state index in [0.717, 1.165) is 31.2 Å². The molecule has 4 heteroatoms. The Kier molecular flexibility index (Phi) is 6.38. The Balaban J connectivity index is 1.86. The van der Waals surface area contributed by atoms with E-state index in [1.165, 1.54) is 18.2 Å². The van der Waals surface area contributed by atoms with Gasteiger partial charge in [-0.05, 0) is 43.4 Å².